The fourth-order valence-corrected chi connectivity index (χ4v) is 7.01. The summed E-state index contributed by atoms with van der Waals surface area (Å²) in [5.74, 6) is -3.77. The van der Waals surface area contributed by atoms with Gasteiger partial charge in [-0.25, -0.2) is 5.01 Å². The second-order valence-electron chi connectivity index (χ2n) is 9.19. The number of nitrogens with zero attached hydrogens (tertiary/aromatic N) is 3. The summed E-state index contributed by atoms with van der Waals surface area (Å²) in [6.07, 6.45) is 0.851. The van der Waals surface area contributed by atoms with Gasteiger partial charge >= 0.3 is 11.8 Å². The van der Waals surface area contributed by atoms with Crippen molar-refractivity contribution < 1.29 is 19.2 Å². The molecule has 32 heavy (non-hydrogen) atoms. The molecule has 0 aliphatic carbocycles. The van der Waals surface area contributed by atoms with E-state index in [-0.39, 0.29) is 22.2 Å². The van der Waals surface area contributed by atoms with Crippen molar-refractivity contribution in [1.82, 2.24) is 14.9 Å². The highest BCUT2D eigenvalue weighted by Crippen LogP contribution is 2.47. The molecule has 2 aliphatic heterocycles. The van der Waals surface area contributed by atoms with Crippen molar-refractivity contribution in [3.8, 4) is 0 Å². The molecule has 0 spiro atoms. The molecule has 0 atom stereocenters. The van der Waals surface area contributed by atoms with Gasteiger partial charge in [0.1, 0.15) is 0 Å². The molecule has 0 aromatic heterocycles. The number of likely N-dealkylation sites (tertiary alicyclic amines) is 1. The summed E-state index contributed by atoms with van der Waals surface area (Å²) < 4.78 is 1.78. The molecule has 1 saturated heterocycles. The summed E-state index contributed by atoms with van der Waals surface area (Å²) >= 11 is 13.5. The first-order valence-corrected chi connectivity index (χ1v) is 12.8. The molecule has 2 heterocycles. The van der Waals surface area contributed by atoms with E-state index in [1.54, 1.807) is 0 Å². The molecule has 1 aromatic carbocycles. The van der Waals surface area contributed by atoms with Crippen LogP contribution < -0.4 is 5.73 Å². The van der Waals surface area contributed by atoms with Gasteiger partial charge in [0.15, 0.2) is 0 Å². The monoisotopic (exact) mass is 698 g/mol. The van der Waals surface area contributed by atoms with E-state index in [1.807, 2.05) is 34.7 Å². The predicted octanol–water partition coefficient (Wildman–Crippen LogP) is 4.21. The molecule has 174 valence electrons. The lowest BCUT2D eigenvalue weighted by atomic mass is 9.77. The van der Waals surface area contributed by atoms with Gasteiger partial charge in [-0.1, -0.05) is 0 Å². The molecular weight excluding hydrogens is 680 g/mol. The van der Waals surface area contributed by atoms with Crippen LogP contribution in [0.1, 0.15) is 61.3 Å². The van der Waals surface area contributed by atoms with Crippen LogP contribution in [0.3, 0.4) is 0 Å². The Morgan fingerprint density at radius 2 is 1.25 bits per heavy atom. The number of carbonyl (C=O) groups excluding carboxylic acids is 4. The van der Waals surface area contributed by atoms with Gasteiger partial charge in [0.25, 0.3) is 11.8 Å². The van der Waals surface area contributed by atoms with Gasteiger partial charge in [-0.2, -0.15) is 5.01 Å². The topological polar surface area (TPSA) is 104 Å². The van der Waals surface area contributed by atoms with Gasteiger partial charge in [0.05, 0.1) is 17.2 Å². The lowest BCUT2D eigenvalue weighted by Gasteiger charge is -2.55. The minimum atomic E-state index is -1.24. The van der Waals surface area contributed by atoms with Crippen LogP contribution in [0.2, 0.25) is 0 Å². The number of benzene rings is 1. The lowest BCUT2D eigenvalue weighted by molar-refractivity contribution is -0.160. The van der Waals surface area contributed by atoms with E-state index >= 15 is 0 Å². The van der Waals surface area contributed by atoms with Gasteiger partial charge < -0.3 is 5.73 Å². The minimum absolute atomic E-state index is 0.0886. The third kappa shape index (κ3) is 3.89. The van der Waals surface area contributed by atoms with Crippen molar-refractivity contribution in [2.75, 3.05) is 7.05 Å². The summed E-state index contributed by atoms with van der Waals surface area (Å²) in [5.41, 5.74) is 4.77. The summed E-state index contributed by atoms with van der Waals surface area (Å²) in [6.45, 7) is 8.05. The predicted molar refractivity (Wildman–Crippen MR) is 133 cm³/mol. The van der Waals surface area contributed by atoms with E-state index < -0.39 is 29.7 Å². The summed E-state index contributed by atoms with van der Waals surface area (Å²) in [5, 5.41) is 1.72. The van der Waals surface area contributed by atoms with E-state index in [4.69, 9.17) is 5.73 Å². The first kappa shape index (κ1) is 25.8. The molecule has 12 heteroatoms. The van der Waals surface area contributed by atoms with Crippen LogP contribution in [0.25, 0.3) is 0 Å². The first-order valence-electron chi connectivity index (χ1n) is 9.66. The van der Waals surface area contributed by atoms with E-state index in [2.05, 4.69) is 68.6 Å². The van der Waals surface area contributed by atoms with E-state index in [1.165, 1.54) is 0 Å². The number of hydrazine groups is 1. The zero-order valence-electron chi connectivity index (χ0n) is 18.1. The second kappa shape index (κ2) is 8.44. The average molecular weight is 702 g/mol. The Balaban J connectivity index is 2.18. The zero-order valence-corrected chi connectivity index (χ0v) is 24.4. The van der Waals surface area contributed by atoms with Crippen molar-refractivity contribution >= 4 is 87.3 Å². The molecule has 2 aliphatic rings. The number of hydrogen-bond donors (Lipinski definition) is 1. The maximum atomic E-state index is 13.5. The number of fused-ring (bicyclic) bond motifs is 1. The summed E-state index contributed by atoms with van der Waals surface area (Å²) in [7, 11) is 1.99. The van der Waals surface area contributed by atoms with E-state index in [9.17, 15) is 19.2 Å². The quantitative estimate of drug-likeness (QED) is 0.216. The maximum Gasteiger partial charge on any atom is 0.330 e. The number of hydrogen-bond acceptors (Lipinski definition) is 5. The number of amides is 4. The minimum Gasteiger partial charge on any atom is -0.361 e. The molecule has 3 rings (SSSR count). The fraction of sp³-hybridized carbons (Fsp3) is 0.500. The first-order chi connectivity index (χ1) is 14.5. The number of piperidine rings is 1. The molecule has 4 amide bonds. The molecule has 0 radical (unpaired) electrons. The van der Waals surface area contributed by atoms with E-state index in [0.29, 0.717) is 30.7 Å². The lowest BCUT2D eigenvalue weighted by Crippen LogP contribution is -2.67. The van der Waals surface area contributed by atoms with Crippen LogP contribution >= 0.6 is 63.7 Å². The van der Waals surface area contributed by atoms with Crippen LogP contribution in [0.5, 0.6) is 0 Å². The molecular formula is C20H22Br4N4O4. The number of rotatable bonds is 2. The van der Waals surface area contributed by atoms with Crippen LogP contribution in [0, 0.1) is 0 Å². The van der Waals surface area contributed by atoms with Crippen molar-refractivity contribution in [3.63, 3.8) is 0 Å². The molecule has 2 N–H and O–H groups in total. The Hall–Kier alpha value is -0.820. The third-order valence-electron chi connectivity index (χ3n) is 6.35. The average Bonchev–Trinajstić information content (AvgIpc) is 2.93. The van der Waals surface area contributed by atoms with Crippen LogP contribution in [0.15, 0.2) is 17.9 Å². The van der Waals surface area contributed by atoms with E-state index in [0.717, 1.165) is 10.0 Å². The van der Waals surface area contributed by atoms with Gasteiger partial charge in [0, 0.05) is 29.0 Å². The SMILES string of the molecule is CN1C(C)(C)CC(N(C(=O)C(N)=O)N2C(=O)c3c(Br)c(Br)c(Br)c(Br)c3C2=O)CC1(C)C. The number of carbonyl (C=O) groups is 4. The Labute approximate surface area is 219 Å². The second-order valence-corrected chi connectivity index (χ2v) is 12.4. The van der Waals surface area contributed by atoms with Crippen molar-refractivity contribution in [2.24, 2.45) is 5.73 Å². The van der Waals surface area contributed by atoms with Crippen LogP contribution in [-0.4, -0.2) is 62.7 Å². The third-order valence-corrected chi connectivity index (χ3v) is 11.1. The van der Waals surface area contributed by atoms with Crippen LogP contribution in [-0.2, 0) is 9.59 Å². The number of primary amides is 1. The number of halogens is 4. The Morgan fingerprint density at radius 3 is 1.59 bits per heavy atom. The highest BCUT2D eigenvalue weighted by atomic mass is 79.9. The largest absolute Gasteiger partial charge is 0.361 e. The van der Waals surface area contributed by atoms with Gasteiger partial charge in [-0.05, 0) is 111 Å². The summed E-state index contributed by atoms with van der Waals surface area (Å²) in [4.78, 5) is 54.2. The molecule has 0 saturated carbocycles. The maximum absolute atomic E-state index is 13.5. The smallest absolute Gasteiger partial charge is 0.330 e. The van der Waals surface area contributed by atoms with Crippen molar-refractivity contribution in [3.05, 3.63) is 29.0 Å². The Kier molecular flexibility index (Phi) is 6.80. The van der Waals surface area contributed by atoms with Crippen molar-refractivity contribution in [2.45, 2.75) is 57.7 Å². The fourth-order valence-electron chi connectivity index (χ4n) is 4.56. The molecule has 1 aromatic rings. The van der Waals surface area contributed by atoms with Crippen molar-refractivity contribution in [1.29, 1.82) is 0 Å². The molecule has 0 unspecified atom stereocenters. The number of imide groups is 1. The van der Waals surface area contributed by atoms with Crippen LogP contribution in [0.4, 0.5) is 0 Å². The van der Waals surface area contributed by atoms with Gasteiger partial charge in [0.2, 0.25) is 0 Å². The molecule has 0 bridgehead atoms. The highest BCUT2D eigenvalue weighted by molar-refractivity contribution is 9.15. The Morgan fingerprint density at radius 1 is 0.875 bits per heavy atom. The van der Waals surface area contributed by atoms with Gasteiger partial charge in [-0.15, -0.1) is 0 Å². The zero-order chi connectivity index (χ0) is 24.5. The molecule has 1 fully saturated rings. The van der Waals surface area contributed by atoms with Gasteiger partial charge in [-0.3, -0.25) is 24.1 Å². The summed E-state index contributed by atoms with van der Waals surface area (Å²) in [6, 6.07) is -0.608. The Bertz CT molecular complexity index is 1010. The number of nitrogens with two attached hydrogens (primary N) is 1. The molecule has 8 nitrogen and oxygen atoms in total. The normalized spacial score (nSPS) is 20.5. The highest BCUT2D eigenvalue weighted by Gasteiger charge is 2.52. The standard InChI is InChI=1S/C20H22Br4N4O4/c1-19(2)6-8(7-20(3,4)26(19)5)27(18(32)15(25)29)28-16(30)9-10(17(28)31)12(22)14(24)13(23)11(9)21/h8H,6-7H2,1-5H3,(H2,25,29).